The predicted octanol–water partition coefficient (Wildman–Crippen LogP) is 7.89. The van der Waals surface area contributed by atoms with Gasteiger partial charge in [-0.2, -0.15) is 72.5 Å². The first-order chi connectivity index (χ1) is 27.8. The van der Waals surface area contributed by atoms with Crippen LogP contribution in [0.1, 0.15) is 126 Å². The third-order valence-corrected chi connectivity index (χ3v) is 11.4. The Kier molecular flexibility index (Phi) is 27.2. The number of aromatic nitrogens is 3. The number of nitrogens with zero attached hydrogens (tertiary/aromatic N) is 3. The fourth-order valence-electron chi connectivity index (χ4n) is 4.20. The SMILES string of the molecule is C.C.C.CC(C)c1ncccc1B1OC(C)(C)C(C)(C)O1.CC(C)c1ncccc1O.CC(C)c1ncccc1OS(=O)(=O)C(F)(F)F.O=S(=O)(OS(=O)(=O)C(F)(F)F)C(F)(F)F.[B][BH3-]. The summed E-state index contributed by atoms with van der Waals surface area (Å²) in [7, 11) is -14.7. The first-order valence-corrected chi connectivity index (χ1v) is 21.3. The first kappa shape index (κ1) is 67.9. The molecule has 1 fully saturated rings. The maximum Gasteiger partial charge on any atom is 0.534 e. The molecule has 1 aliphatic rings. The van der Waals surface area contributed by atoms with Crippen molar-refractivity contribution in [2.45, 2.75) is 137 Å². The van der Waals surface area contributed by atoms with Crippen molar-refractivity contribution in [3.8, 4) is 11.5 Å². The largest absolute Gasteiger partial charge is 0.534 e. The molecule has 374 valence electrons. The Labute approximate surface area is 379 Å². The summed E-state index contributed by atoms with van der Waals surface area (Å²) in [6.07, 6.45) is 4.86. The molecule has 0 amide bonds. The predicted molar refractivity (Wildman–Crippen MR) is 235 cm³/mol. The summed E-state index contributed by atoms with van der Waals surface area (Å²) in [6, 6.07) is 9.79. The first-order valence-electron chi connectivity index (χ1n) is 17.1. The monoisotopic (exact) mass is 1010 g/mol. The van der Waals surface area contributed by atoms with Gasteiger partial charge in [0.2, 0.25) is 0 Å². The standard InChI is InChI=1S/C14H22BNO2.C9H10F3NO3S.C8H11NO.C2F6O5S2.3CH4.B2H3/c1-10(2)12-11(8-7-9-16-12)15-17-13(3,4)14(5,6)18-15;1-6(2)8-7(4-3-5-13-8)16-17(14,15)9(10,11)12;1-6(2)8-7(10)4-3-5-9-8;3-1(4,5)14(9,10)13-15(11,12)2(6,7)8;;;;1-2/h7-10H,1-6H3;3-6H,1-2H3;3-6,10H,1-2H3;;3*1H4;1H3/q;;;;;;;-1. The number of alkyl halides is 9. The molecule has 4 heterocycles. The van der Waals surface area contributed by atoms with E-state index in [0.29, 0.717) is 11.8 Å². The molecule has 1 N–H and O–H groups in total. The Hall–Kier alpha value is -3.66. The van der Waals surface area contributed by atoms with Gasteiger partial charge in [-0.05, 0) is 75.8 Å². The Morgan fingerprint density at radius 3 is 1.25 bits per heavy atom. The van der Waals surface area contributed by atoms with Crippen LogP contribution in [0.4, 0.5) is 39.5 Å². The van der Waals surface area contributed by atoms with Crippen LogP contribution >= 0.6 is 0 Å². The highest BCUT2D eigenvalue weighted by atomic mass is 32.3. The fourth-order valence-corrected chi connectivity index (χ4v) is 6.24. The molecule has 0 atom stereocenters. The van der Waals surface area contributed by atoms with Crippen LogP contribution < -0.4 is 9.65 Å². The van der Waals surface area contributed by atoms with Crippen LogP contribution in [0.5, 0.6) is 11.5 Å². The minimum atomic E-state index is -6.85. The van der Waals surface area contributed by atoms with E-state index in [1.165, 1.54) is 12.3 Å². The van der Waals surface area contributed by atoms with E-state index >= 15 is 0 Å². The smallest absolute Gasteiger partial charge is 0.506 e. The molecular weight excluding hydrogens is 950 g/mol. The lowest BCUT2D eigenvalue weighted by Gasteiger charge is -2.32. The van der Waals surface area contributed by atoms with E-state index in [0.717, 1.165) is 22.9 Å². The molecule has 3 aromatic heterocycles. The van der Waals surface area contributed by atoms with Gasteiger partial charge in [0.05, 0.1) is 22.6 Å². The van der Waals surface area contributed by atoms with Crippen LogP contribution in [0.3, 0.4) is 0 Å². The normalized spacial score (nSPS) is 14.5. The van der Waals surface area contributed by atoms with Crippen LogP contribution in [0.25, 0.3) is 0 Å². The summed E-state index contributed by atoms with van der Waals surface area (Å²) in [5.41, 5.74) is -15.6. The molecule has 2 radical (unpaired) electrons. The van der Waals surface area contributed by atoms with Gasteiger partial charge in [-0.1, -0.05) is 77.6 Å². The maximum atomic E-state index is 12.1. The summed E-state index contributed by atoms with van der Waals surface area (Å²) in [5.74, 6) is 0.286. The van der Waals surface area contributed by atoms with Crippen molar-refractivity contribution in [3.05, 3.63) is 72.1 Å². The summed E-state index contributed by atoms with van der Waals surface area (Å²) >= 11 is 0. The molecule has 3 aromatic rings. The number of hydrogen-bond donors (Lipinski definition) is 1. The summed E-state index contributed by atoms with van der Waals surface area (Å²) < 4.78 is 184. The molecule has 29 heteroatoms. The van der Waals surface area contributed by atoms with Crippen LogP contribution in [0.15, 0.2) is 55.0 Å². The minimum Gasteiger partial charge on any atom is -0.506 e. The Balaban J connectivity index is -0.000000377. The van der Waals surface area contributed by atoms with Crippen molar-refractivity contribution in [1.29, 1.82) is 0 Å². The van der Waals surface area contributed by atoms with Crippen LogP contribution in [-0.2, 0) is 43.3 Å². The summed E-state index contributed by atoms with van der Waals surface area (Å²) in [6.45, 7) is 19.9. The van der Waals surface area contributed by atoms with Crippen LogP contribution in [0.2, 0.25) is 0 Å². The Morgan fingerprint density at radius 2 is 0.923 bits per heavy atom. The molecule has 1 aliphatic heterocycles. The molecule has 0 spiro atoms. The van der Waals surface area contributed by atoms with Crippen LogP contribution in [0, 0.1) is 0 Å². The van der Waals surface area contributed by atoms with Gasteiger partial charge in [0.25, 0.3) is 0 Å². The summed E-state index contributed by atoms with van der Waals surface area (Å²) in [4.78, 5) is 12.3. The van der Waals surface area contributed by atoms with E-state index in [9.17, 15) is 69.9 Å². The van der Waals surface area contributed by atoms with Gasteiger partial charge in [0, 0.05) is 29.7 Å². The number of pyridine rings is 3. The lowest BCUT2D eigenvalue weighted by Crippen LogP contribution is -2.41. The molecule has 14 nitrogen and oxygen atoms in total. The van der Waals surface area contributed by atoms with Crippen molar-refractivity contribution in [2.75, 3.05) is 0 Å². The molecule has 0 aliphatic carbocycles. The highest BCUT2D eigenvalue weighted by molar-refractivity contribution is 8.00. The van der Waals surface area contributed by atoms with Gasteiger partial charge in [0.15, 0.2) is 5.75 Å². The van der Waals surface area contributed by atoms with Crippen LogP contribution in [-0.4, -0.2) is 95.6 Å². The maximum absolute atomic E-state index is 12.1. The molecular formula is C36H58B3F9N3O11S3-. The molecule has 4 rings (SSSR count). The number of hydrogen-bond acceptors (Lipinski definition) is 14. The number of rotatable bonds is 8. The Morgan fingerprint density at radius 1 is 0.600 bits per heavy atom. The van der Waals surface area contributed by atoms with Gasteiger partial charge in [-0.3, -0.25) is 15.0 Å². The molecule has 0 unspecified atom stereocenters. The number of aromatic hydroxyl groups is 1. The zero-order valence-corrected chi connectivity index (χ0v) is 36.5. The second-order valence-electron chi connectivity index (χ2n) is 14.2. The third kappa shape index (κ3) is 19.6. The van der Waals surface area contributed by atoms with E-state index in [1.807, 2.05) is 35.8 Å². The van der Waals surface area contributed by atoms with E-state index in [4.69, 9.17) is 17.0 Å². The van der Waals surface area contributed by atoms with Crippen molar-refractivity contribution in [1.82, 2.24) is 15.0 Å². The zero-order chi connectivity index (χ0) is 49.1. The van der Waals surface area contributed by atoms with Crippen molar-refractivity contribution in [2.24, 2.45) is 0 Å². The number of halogens is 9. The summed E-state index contributed by atoms with van der Waals surface area (Å²) in [5, 5.41) is 9.22. The molecule has 65 heavy (non-hydrogen) atoms. The van der Waals surface area contributed by atoms with E-state index in [2.05, 4.69) is 60.7 Å². The highest BCUT2D eigenvalue weighted by Crippen LogP contribution is 2.37. The van der Waals surface area contributed by atoms with Crippen molar-refractivity contribution < 1.29 is 87.0 Å². The van der Waals surface area contributed by atoms with Gasteiger partial charge >= 0.3 is 54.0 Å². The lowest BCUT2D eigenvalue weighted by atomic mass is 9.76. The average molecular weight is 1010 g/mol. The van der Waals surface area contributed by atoms with Crippen molar-refractivity contribution >= 4 is 58.4 Å². The van der Waals surface area contributed by atoms with Gasteiger partial charge in [-0.15, -0.1) is 3.63 Å². The minimum absolute atomic E-state index is 0. The highest BCUT2D eigenvalue weighted by Gasteiger charge is 2.57. The fraction of sp³-hybridized carbons (Fsp3) is 0.583. The average Bonchev–Trinajstić information content (AvgIpc) is 3.34. The van der Waals surface area contributed by atoms with E-state index in [1.54, 1.807) is 32.2 Å². The van der Waals surface area contributed by atoms with E-state index in [-0.39, 0.29) is 65.7 Å². The molecule has 0 aromatic carbocycles. The Bertz CT molecular complexity index is 2180. The topological polar surface area (TPSA) is 198 Å². The second kappa shape index (κ2) is 26.0. The van der Waals surface area contributed by atoms with E-state index < -0.39 is 52.6 Å². The van der Waals surface area contributed by atoms with Crippen molar-refractivity contribution in [3.63, 3.8) is 0 Å². The van der Waals surface area contributed by atoms with Gasteiger partial charge < -0.3 is 18.6 Å². The molecule has 1 saturated heterocycles. The quantitative estimate of drug-likeness (QED) is 0.0989. The van der Waals surface area contributed by atoms with Gasteiger partial charge in [-0.25, -0.2) is 0 Å². The molecule has 0 bridgehead atoms. The van der Waals surface area contributed by atoms with Gasteiger partial charge in [0.1, 0.15) is 5.75 Å². The zero-order valence-electron chi connectivity index (χ0n) is 34.1. The lowest BCUT2D eigenvalue weighted by molar-refractivity contribution is -0.0586. The third-order valence-electron chi connectivity index (χ3n) is 7.86. The second-order valence-corrected chi connectivity index (χ2v) is 19.0. The molecule has 0 saturated carbocycles.